The van der Waals surface area contributed by atoms with Gasteiger partial charge in [0.15, 0.2) is 6.10 Å². The molecule has 0 spiro atoms. The average Bonchev–Trinajstić information content (AvgIpc) is 2.69. The zero-order valence-corrected chi connectivity index (χ0v) is 19.7. The number of aromatic nitrogens is 2. The second-order valence-corrected chi connectivity index (χ2v) is 9.45. The number of ether oxygens (including phenoxy) is 1. The Balaban J connectivity index is 1.66. The average molecular weight is 495 g/mol. The molecule has 2 aromatic carbocycles. The van der Waals surface area contributed by atoms with Crippen LogP contribution in [-0.2, 0) is 14.8 Å². The Morgan fingerprint density at radius 1 is 1.00 bits per heavy atom. The van der Waals surface area contributed by atoms with Crippen LogP contribution >= 0.6 is 23.2 Å². The van der Waals surface area contributed by atoms with Gasteiger partial charge in [-0.2, -0.15) is 0 Å². The first-order valence-corrected chi connectivity index (χ1v) is 11.6. The normalized spacial score (nSPS) is 12.2. The molecule has 0 unspecified atom stereocenters. The maximum atomic E-state index is 12.6. The Bertz CT molecular complexity index is 1230. The van der Waals surface area contributed by atoms with E-state index in [1.165, 1.54) is 30.3 Å². The number of halogens is 2. The van der Waals surface area contributed by atoms with Crippen molar-refractivity contribution in [1.29, 1.82) is 0 Å². The van der Waals surface area contributed by atoms with Gasteiger partial charge in [0.25, 0.3) is 15.9 Å². The smallest absolute Gasteiger partial charge is 0.265 e. The molecule has 0 aliphatic heterocycles. The monoisotopic (exact) mass is 494 g/mol. The van der Waals surface area contributed by atoms with Gasteiger partial charge in [0.05, 0.1) is 9.92 Å². The van der Waals surface area contributed by atoms with Crippen LogP contribution in [0.5, 0.6) is 5.75 Å². The van der Waals surface area contributed by atoms with Crippen molar-refractivity contribution in [3.63, 3.8) is 0 Å². The molecule has 0 aliphatic carbocycles. The van der Waals surface area contributed by atoms with Crippen LogP contribution in [0.15, 0.2) is 53.4 Å². The highest BCUT2D eigenvalue weighted by molar-refractivity contribution is 7.92. The van der Waals surface area contributed by atoms with Gasteiger partial charge < -0.3 is 10.1 Å². The fourth-order valence-corrected chi connectivity index (χ4v) is 4.12. The van der Waals surface area contributed by atoms with E-state index in [4.69, 9.17) is 27.9 Å². The van der Waals surface area contributed by atoms with Gasteiger partial charge in [0.2, 0.25) is 5.95 Å². The second-order valence-electron chi connectivity index (χ2n) is 6.93. The van der Waals surface area contributed by atoms with Crippen LogP contribution < -0.4 is 14.8 Å². The van der Waals surface area contributed by atoms with Crippen LogP contribution in [0.1, 0.15) is 18.3 Å². The summed E-state index contributed by atoms with van der Waals surface area (Å²) in [5, 5.41) is 3.40. The van der Waals surface area contributed by atoms with Gasteiger partial charge in [0, 0.05) is 22.1 Å². The Morgan fingerprint density at radius 2 is 1.62 bits per heavy atom. The number of rotatable bonds is 7. The van der Waals surface area contributed by atoms with Crippen LogP contribution in [0, 0.1) is 13.8 Å². The summed E-state index contributed by atoms with van der Waals surface area (Å²) in [5.41, 5.74) is 1.68. The van der Waals surface area contributed by atoms with E-state index in [0.29, 0.717) is 27.8 Å². The van der Waals surface area contributed by atoms with E-state index in [9.17, 15) is 13.2 Å². The van der Waals surface area contributed by atoms with E-state index in [1.54, 1.807) is 39.0 Å². The highest BCUT2D eigenvalue weighted by Crippen LogP contribution is 2.28. The number of hydrogen-bond acceptors (Lipinski definition) is 6. The number of hydrogen-bond donors (Lipinski definition) is 2. The number of amides is 1. The molecular formula is C21H20Cl2N4O4S. The summed E-state index contributed by atoms with van der Waals surface area (Å²) in [6, 6.07) is 12.1. The van der Waals surface area contributed by atoms with Crippen LogP contribution in [0.4, 0.5) is 11.6 Å². The molecule has 0 bridgehead atoms. The molecule has 0 saturated carbocycles. The van der Waals surface area contributed by atoms with Crippen LogP contribution in [0.3, 0.4) is 0 Å². The van der Waals surface area contributed by atoms with E-state index >= 15 is 0 Å². The molecule has 0 saturated heterocycles. The third-order valence-corrected chi connectivity index (χ3v) is 6.08. The van der Waals surface area contributed by atoms with Gasteiger partial charge in [-0.25, -0.2) is 23.1 Å². The standard InChI is InChI=1S/C21H20Cl2N4O4S/c1-12-10-13(2)25-21(24-12)27-32(29,30)17-7-5-16(6-8-17)26-20(28)14(3)31-19-9-4-15(22)11-18(19)23/h4-11,14H,1-3H3,(H,26,28)(H,24,25,27)/t14-/m0/s1. The minimum absolute atomic E-state index is 0.00416. The lowest BCUT2D eigenvalue weighted by Crippen LogP contribution is -2.30. The van der Waals surface area contributed by atoms with Gasteiger partial charge in [-0.15, -0.1) is 0 Å². The molecule has 1 atom stereocenters. The molecule has 1 aromatic heterocycles. The molecule has 1 amide bonds. The number of benzene rings is 2. The summed E-state index contributed by atoms with van der Waals surface area (Å²) in [5.74, 6) is -0.125. The summed E-state index contributed by atoms with van der Waals surface area (Å²) in [6.07, 6.45) is -0.861. The maximum Gasteiger partial charge on any atom is 0.265 e. The minimum Gasteiger partial charge on any atom is -0.479 e. The molecule has 11 heteroatoms. The van der Waals surface area contributed by atoms with Crippen molar-refractivity contribution in [3.8, 4) is 5.75 Å². The van der Waals surface area contributed by atoms with Crippen LogP contribution in [-0.4, -0.2) is 30.4 Å². The van der Waals surface area contributed by atoms with Crippen molar-refractivity contribution in [2.24, 2.45) is 0 Å². The number of carbonyl (C=O) groups excluding carboxylic acids is 1. The first-order valence-electron chi connectivity index (χ1n) is 9.41. The third-order valence-electron chi connectivity index (χ3n) is 4.21. The van der Waals surface area contributed by atoms with Crippen molar-refractivity contribution in [2.45, 2.75) is 31.8 Å². The van der Waals surface area contributed by atoms with Crippen LogP contribution in [0.2, 0.25) is 10.0 Å². The quantitative estimate of drug-likeness (QED) is 0.496. The largest absolute Gasteiger partial charge is 0.479 e. The second kappa shape index (κ2) is 9.72. The zero-order chi connectivity index (χ0) is 23.5. The van der Waals surface area contributed by atoms with Gasteiger partial charge in [0.1, 0.15) is 5.75 Å². The summed E-state index contributed by atoms with van der Waals surface area (Å²) in [6.45, 7) is 5.05. The van der Waals surface area contributed by atoms with E-state index in [1.807, 2.05) is 0 Å². The summed E-state index contributed by atoms with van der Waals surface area (Å²) < 4.78 is 33.1. The Kier molecular flexibility index (Phi) is 7.22. The van der Waals surface area contributed by atoms with Crippen molar-refractivity contribution in [3.05, 3.63) is 70.0 Å². The summed E-state index contributed by atoms with van der Waals surface area (Å²) in [4.78, 5) is 20.6. The van der Waals surface area contributed by atoms with Gasteiger partial charge in [-0.05, 0) is 69.3 Å². The number of aryl methyl sites for hydroxylation is 2. The lowest BCUT2D eigenvalue weighted by atomic mass is 10.3. The highest BCUT2D eigenvalue weighted by atomic mass is 35.5. The molecule has 0 fully saturated rings. The van der Waals surface area contributed by atoms with Gasteiger partial charge >= 0.3 is 0 Å². The van der Waals surface area contributed by atoms with Crippen LogP contribution in [0.25, 0.3) is 0 Å². The fraction of sp³-hybridized carbons (Fsp3) is 0.190. The predicted molar refractivity (Wildman–Crippen MR) is 124 cm³/mol. The summed E-state index contributed by atoms with van der Waals surface area (Å²) in [7, 11) is -3.90. The molecule has 8 nitrogen and oxygen atoms in total. The molecule has 3 aromatic rings. The first-order chi connectivity index (χ1) is 15.0. The Hall–Kier alpha value is -2.88. The molecule has 1 heterocycles. The van der Waals surface area contributed by atoms with Crippen molar-refractivity contribution >= 4 is 50.8 Å². The van der Waals surface area contributed by atoms with Crippen molar-refractivity contribution < 1.29 is 17.9 Å². The van der Waals surface area contributed by atoms with E-state index in [2.05, 4.69) is 20.0 Å². The van der Waals surface area contributed by atoms with Crippen molar-refractivity contribution in [1.82, 2.24) is 9.97 Å². The van der Waals surface area contributed by atoms with E-state index < -0.39 is 22.0 Å². The fourth-order valence-electron chi connectivity index (χ4n) is 2.73. The SMILES string of the molecule is Cc1cc(C)nc(NS(=O)(=O)c2ccc(NC(=O)[C@H](C)Oc3ccc(Cl)cc3Cl)cc2)n1. The van der Waals surface area contributed by atoms with Gasteiger partial charge in [-0.3, -0.25) is 4.79 Å². The minimum atomic E-state index is -3.90. The Labute approximate surface area is 196 Å². The third kappa shape index (κ3) is 6.09. The van der Waals surface area contributed by atoms with E-state index in [-0.39, 0.29) is 15.9 Å². The number of anilines is 2. The molecule has 168 valence electrons. The highest BCUT2D eigenvalue weighted by Gasteiger charge is 2.19. The molecule has 0 radical (unpaired) electrons. The number of nitrogens with one attached hydrogen (secondary N) is 2. The maximum absolute atomic E-state index is 12.6. The van der Waals surface area contributed by atoms with E-state index in [0.717, 1.165) is 0 Å². The molecule has 3 rings (SSSR count). The van der Waals surface area contributed by atoms with Crippen molar-refractivity contribution in [2.75, 3.05) is 10.0 Å². The number of sulfonamides is 1. The summed E-state index contributed by atoms with van der Waals surface area (Å²) >= 11 is 11.9. The molecular weight excluding hydrogens is 475 g/mol. The first kappa shape index (κ1) is 23.8. The lowest BCUT2D eigenvalue weighted by Gasteiger charge is -2.16. The number of nitrogens with zero attached hydrogens (tertiary/aromatic N) is 2. The lowest BCUT2D eigenvalue weighted by molar-refractivity contribution is -0.122. The Morgan fingerprint density at radius 3 is 2.22 bits per heavy atom. The van der Waals surface area contributed by atoms with Gasteiger partial charge in [-0.1, -0.05) is 23.2 Å². The molecule has 0 aliphatic rings. The topological polar surface area (TPSA) is 110 Å². The zero-order valence-electron chi connectivity index (χ0n) is 17.4. The number of carbonyl (C=O) groups is 1. The molecule has 2 N–H and O–H groups in total. The predicted octanol–water partition coefficient (Wildman–Crippen LogP) is 4.61. The molecule has 32 heavy (non-hydrogen) atoms.